The van der Waals surface area contributed by atoms with Gasteiger partial charge in [0.15, 0.2) is 0 Å². The van der Waals surface area contributed by atoms with E-state index in [1.165, 1.54) is 25.7 Å². The third-order valence-corrected chi connectivity index (χ3v) is 2.26. The Bertz CT molecular complexity index is 192. The summed E-state index contributed by atoms with van der Waals surface area (Å²) in [6, 6.07) is 2.61. The lowest BCUT2D eigenvalue weighted by Gasteiger charge is -2.14. The van der Waals surface area contributed by atoms with Crippen molar-refractivity contribution in [2.45, 2.75) is 45.6 Å². The van der Waals surface area contributed by atoms with Crippen molar-refractivity contribution in [3.63, 3.8) is 0 Å². The second-order valence-corrected chi connectivity index (χ2v) is 3.19. The molecule has 2 heteroatoms. The molecule has 1 heterocycles. The molecule has 0 N–H and O–H groups in total. The second kappa shape index (κ2) is 4.96. The lowest BCUT2D eigenvalue weighted by molar-refractivity contribution is 0.401. The van der Waals surface area contributed by atoms with Crippen LogP contribution >= 0.6 is 0 Å². The zero-order chi connectivity index (χ0) is 8.81. The van der Waals surface area contributed by atoms with Crippen LogP contribution in [0.3, 0.4) is 0 Å². The van der Waals surface area contributed by atoms with Crippen LogP contribution in [0.25, 0.3) is 0 Å². The van der Waals surface area contributed by atoms with E-state index in [0.29, 0.717) is 6.04 Å². The van der Waals surface area contributed by atoms with E-state index in [9.17, 15) is 0 Å². The molecular formula is C10H18N2. The van der Waals surface area contributed by atoms with Gasteiger partial charge in [-0.3, -0.25) is 4.68 Å². The Balaban J connectivity index is 2.45. The van der Waals surface area contributed by atoms with Crippen molar-refractivity contribution in [3.05, 3.63) is 18.5 Å². The van der Waals surface area contributed by atoms with Crippen molar-refractivity contribution < 1.29 is 0 Å². The normalized spacial score (nSPS) is 13.2. The Morgan fingerprint density at radius 2 is 2.25 bits per heavy atom. The molecule has 1 aromatic rings. The van der Waals surface area contributed by atoms with E-state index < -0.39 is 0 Å². The van der Waals surface area contributed by atoms with E-state index in [4.69, 9.17) is 0 Å². The molecule has 1 aromatic heterocycles. The molecule has 12 heavy (non-hydrogen) atoms. The lowest BCUT2D eigenvalue weighted by Crippen LogP contribution is -2.08. The van der Waals surface area contributed by atoms with Crippen LogP contribution in [0, 0.1) is 0 Å². The predicted octanol–water partition coefficient (Wildman–Crippen LogP) is 3.02. The Labute approximate surface area is 74.6 Å². The SMILES string of the molecule is CCCCC(CC)n1cccn1. The van der Waals surface area contributed by atoms with E-state index >= 15 is 0 Å². The van der Waals surface area contributed by atoms with Crippen LogP contribution in [0.2, 0.25) is 0 Å². The highest BCUT2D eigenvalue weighted by molar-refractivity contribution is 4.81. The van der Waals surface area contributed by atoms with Crippen molar-refractivity contribution in [1.29, 1.82) is 0 Å². The number of hydrogen-bond acceptors (Lipinski definition) is 1. The molecule has 0 aliphatic rings. The van der Waals surface area contributed by atoms with Gasteiger partial charge in [-0.1, -0.05) is 26.7 Å². The minimum absolute atomic E-state index is 0.611. The van der Waals surface area contributed by atoms with Crippen LogP contribution in [-0.2, 0) is 0 Å². The third kappa shape index (κ3) is 2.36. The predicted molar refractivity (Wildman–Crippen MR) is 51.1 cm³/mol. The molecule has 0 aromatic carbocycles. The van der Waals surface area contributed by atoms with Crippen molar-refractivity contribution in [2.24, 2.45) is 0 Å². The van der Waals surface area contributed by atoms with Gasteiger partial charge in [0.2, 0.25) is 0 Å². The molecule has 0 saturated heterocycles. The Morgan fingerprint density at radius 1 is 1.42 bits per heavy atom. The summed E-state index contributed by atoms with van der Waals surface area (Å²) in [5.41, 5.74) is 0. The van der Waals surface area contributed by atoms with E-state index in [-0.39, 0.29) is 0 Å². The van der Waals surface area contributed by atoms with Crippen molar-refractivity contribution >= 4 is 0 Å². The Morgan fingerprint density at radius 3 is 2.75 bits per heavy atom. The monoisotopic (exact) mass is 166 g/mol. The molecule has 0 aliphatic carbocycles. The average Bonchev–Trinajstić information content (AvgIpc) is 2.59. The van der Waals surface area contributed by atoms with Crippen molar-refractivity contribution in [3.8, 4) is 0 Å². The minimum Gasteiger partial charge on any atom is -0.270 e. The van der Waals surface area contributed by atoms with Crippen molar-refractivity contribution in [2.75, 3.05) is 0 Å². The zero-order valence-electron chi connectivity index (χ0n) is 8.03. The molecule has 1 atom stereocenters. The highest BCUT2D eigenvalue weighted by Crippen LogP contribution is 2.16. The molecule has 0 aliphatic heterocycles. The summed E-state index contributed by atoms with van der Waals surface area (Å²) in [5, 5.41) is 4.26. The van der Waals surface area contributed by atoms with Crippen LogP contribution in [-0.4, -0.2) is 9.78 Å². The van der Waals surface area contributed by atoms with Gasteiger partial charge in [-0.2, -0.15) is 5.10 Å². The Hall–Kier alpha value is -0.790. The van der Waals surface area contributed by atoms with Crippen LogP contribution < -0.4 is 0 Å². The molecule has 1 unspecified atom stereocenters. The molecule has 0 spiro atoms. The number of rotatable bonds is 5. The molecule has 2 nitrogen and oxygen atoms in total. The molecular weight excluding hydrogens is 148 g/mol. The topological polar surface area (TPSA) is 17.8 Å². The molecule has 0 radical (unpaired) electrons. The first-order chi connectivity index (χ1) is 5.88. The number of aromatic nitrogens is 2. The summed E-state index contributed by atoms with van der Waals surface area (Å²) in [5.74, 6) is 0. The minimum atomic E-state index is 0.611. The second-order valence-electron chi connectivity index (χ2n) is 3.19. The first-order valence-electron chi connectivity index (χ1n) is 4.87. The van der Waals surface area contributed by atoms with Gasteiger partial charge in [-0.15, -0.1) is 0 Å². The smallest absolute Gasteiger partial charge is 0.0516 e. The highest BCUT2D eigenvalue weighted by atomic mass is 15.3. The summed E-state index contributed by atoms with van der Waals surface area (Å²) in [6.07, 6.45) is 8.94. The van der Waals surface area contributed by atoms with Gasteiger partial charge >= 0.3 is 0 Å². The quantitative estimate of drug-likeness (QED) is 0.657. The fraction of sp³-hybridized carbons (Fsp3) is 0.700. The zero-order valence-corrected chi connectivity index (χ0v) is 8.03. The summed E-state index contributed by atoms with van der Waals surface area (Å²) >= 11 is 0. The lowest BCUT2D eigenvalue weighted by atomic mass is 10.1. The van der Waals surface area contributed by atoms with Gasteiger partial charge < -0.3 is 0 Å². The first kappa shape index (κ1) is 9.30. The van der Waals surface area contributed by atoms with Crippen LogP contribution in [0.4, 0.5) is 0 Å². The maximum absolute atomic E-state index is 4.26. The van der Waals surface area contributed by atoms with Crippen LogP contribution in [0.5, 0.6) is 0 Å². The number of nitrogens with zero attached hydrogens (tertiary/aromatic N) is 2. The van der Waals surface area contributed by atoms with E-state index in [1.54, 1.807) is 0 Å². The third-order valence-electron chi connectivity index (χ3n) is 2.26. The van der Waals surface area contributed by atoms with Gasteiger partial charge in [-0.25, -0.2) is 0 Å². The van der Waals surface area contributed by atoms with Gasteiger partial charge in [0.1, 0.15) is 0 Å². The van der Waals surface area contributed by atoms with E-state index in [1.807, 2.05) is 12.3 Å². The molecule has 0 bridgehead atoms. The molecule has 1 rings (SSSR count). The van der Waals surface area contributed by atoms with Gasteiger partial charge in [0, 0.05) is 12.4 Å². The Kier molecular flexibility index (Phi) is 3.85. The fourth-order valence-corrected chi connectivity index (χ4v) is 1.46. The molecule has 0 saturated carbocycles. The largest absolute Gasteiger partial charge is 0.270 e. The van der Waals surface area contributed by atoms with Crippen LogP contribution in [0.1, 0.15) is 45.6 Å². The van der Waals surface area contributed by atoms with Gasteiger partial charge in [0.25, 0.3) is 0 Å². The first-order valence-corrected chi connectivity index (χ1v) is 4.87. The highest BCUT2D eigenvalue weighted by Gasteiger charge is 2.06. The summed E-state index contributed by atoms with van der Waals surface area (Å²) in [6.45, 7) is 4.46. The van der Waals surface area contributed by atoms with Crippen molar-refractivity contribution in [1.82, 2.24) is 9.78 Å². The summed E-state index contributed by atoms with van der Waals surface area (Å²) in [7, 11) is 0. The number of hydrogen-bond donors (Lipinski definition) is 0. The summed E-state index contributed by atoms with van der Waals surface area (Å²) in [4.78, 5) is 0. The van der Waals surface area contributed by atoms with Gasteiger partial charge in [0.05, 0.1) is 6.04 Å². The standard InChI is InChI=1S/C10H18N2/c1-3-5-7-10(4-2)12-9-6-8-11-12/h6,8-10H,3-5,7H2,1-2H3. The maximum atomic E-state index is 4.26. The summed E-state index contributed by atoms with van der Waals surface area (Å²) < 4.78 is 2.08. The van der Waals surface area contributed by atoms with Crippen LogP contribution in [0.15, 0.2) is 18.5 Å². The number of unbranched alkanes of at least 4 members (excludes halogenated alkanes) is 1. The molecule has 0 fully saturated rings. The fourth-order valence-electron chi connectivity index (χ4n) is 1.46. The average molecular weight is 166 g/mol. The molecule has 68 valence electrons. The van der Waals surface area contributed by atoms with E-state index in [2.05, 4.69) is 29.8 Å². The van der Waals surface area contributed by atoms with E-state index in [0.717, 1.165) is 0 Å². The van der Waals surface area contributed by atoms with Gasteiger partial charge in [-0.05, 0) is 18.9 Å². The molecule has 0 amide bonds. The maximum Gasteiger partial charge on any atom is 0.0516 e.